The molecule has 0 aromatic heterocycles. The quantitative estimate of drug-likeness (QED) is 0.529. The molecule has 0 unspecified atom stereocenters. The van der Waals surface area contributed by atoms with E-state index in [2.05, 4.69) is 48.1 Å². The molecule has 1 rings (SSSR count). The first-order valence-electron chi connectivity index (χ1n) is 2.95. The van der Waals surface area contributed by atoms with Crippen LogP contribution in [0.2, 0.25) is 0 Å². The zero-order chi connectivity index (χ0) is 6.85. The second-order valence-corrected chi connectivity index (χ2v) is 3.08. The van der Waals surface area contributed by atoms with Crippen LogP contribution in [0, 0.1) is 13.8 Å². The van der Waals surface area contributed by atoms with E-state index >= 15 is 0 Å². The third-order valence-electron chi connectivity index (χ3n) is 1.41. The van der Waals surface area contributed by atoms with Gasteiger partial charge in [-0.1, -0.05) is 0 Å². The Hall–Kier alpha value is -0.261. The summed E-state index contributed by atoms with van der Waals surface area (Å²) in [6, 6.07) is 6.29. The summed E-state index contributed by atoms with van der Waals surface area (Å²) in [5, 5.41) is 0. The van der Waals surface area contributed by atoms with Crippen LogP contribution in [-0.2, 0) is 0 Å². The molecule has 0 saturated heterocycles. The van der Waals surface area contributed by atoms with Crippen molar-refractivity contribution in [2.75, 3.05) is 0 Å². The fraction of sp³-hybridized carbons (Fsp3) is 0.250. The van der Waals surface area contributed by atoms with Crippen LogP contribution in [0.4, 0.5) is 0 Å². The van der Waals surface area contributed by atoms with Gasteiger partial charge in [0.05, 0.1) is 0 Å². The van der Waals surface area contributed by atoms with E-state index in [9.17, 15) is 0 Å². The Kier molecular flexibility index (Phi) is 1.94. The van der Waals surface area contributed by atoms with Crippen molar-refractivity contribution in [3.05, 3.63) is 29.3 Å². The van der Waals surface area contributed by atoms with Gasteiger partial charge in [-0.2, -0.15) is 0 Å². The number of hydrogen-bond acceptors (Lipinski definition) is 0. The van der Waals surface area contributed by atoms with Crippen LogP contribution in [0.3, 0.4) is 0 Å². The van der Waals surface area contributed by atoms with E-state index < -0.39 is 0 Å². The SMILES string of the molecule is Cc1cccc(C)c1[Se-]. The van der Waals surface area contributed by atoms with E-state index in [4.69, 9.17) is 0 Å². The van der Waals surface area contributed by atoms with Crippen LogP contribution in [0.1, 0.15) is 11.1 Å². The molecule has 0 aliphatic heterocycles. The van der Waals surface area contributed by atoms with E-state index in [0.29, 0.717) is 0 Å². The van der Waals surface area contributed by atoms with Crippen LogP contribution >= 0.6 is 0 Å². The first kappa shape index (κ1) is 6.85. The number of hydrogen-bond donors (Lipinski definition) is 0. The van der Waals surface area contributed by atoms with Gasteiger partial charge in [0.15, 0.2) is 0 Å². The summed E-state index contributed by atoms with van der Waals surface area (Å²) >= 11 is 3.04. The maximum atomic E-state index is 3.04. The predicted molar refractivity (Wildman–Crippen MR) is 41.3 cm³/mol. The first-order valence-corrected chi connectivity index (χ1v) is 3.80. The molecule has 0 saturated carbocycles. The second-order valence-electron chi connectivity index (χ2n) is 2.22. The first-order chi connectivity index (χ1) is 4.22. The van der Waals surface area contributed by atoms with Crippen molar-refractivity contribution in [2.24, 2.45) is 0 Å². The molecular weight excluding hydrogens is 175 g/mol. The Balaban J connectivity index is 3.25. The van der Waals surface area contributed by atoms with E-state index in [1.807, 2.05) is 0 Å². The molecule has 0 fully saturated rings. The Morgan fingerprint density at radius 1 is 1.11 bits per heavy atom. The van der Waals surface area contributed by atoms with Gasteiger partial charge >= 0.3 is 63.6 Å². The van der Waals surface area contributed by atoms with E-state index in [1.54, 1.807) is 0 Å². The average Bonchev–Trinajstić information content (AvgIpc) is 1.83. The maximum absolute atomic E-state index is 3.04. The molecule has 0 amide bonds. The van der Waals surface area contributed by atoms with Crippen molar-refractivity contribution >= 4 is 20.5 Å². The summed E-state index contributed by atoms with van der Waals surface area (Å²) in [4.78, 5) is 0. The number of aryl methyl sites for hydroxylation is 2. The number of benzene rings is 1. The molecule has 0 N–H and O–H groups in total. The normalized spacial score (nSPS) is 9.56. The summed E-state index contributed by atoms with van der Waals surface area (Å²) in [5.41, 5.74) is 2.66. The van der Waals surface area contributed by atoms with E-state index in [1.165, 1.54) is 15.6 Å². The van der Waals surface area contributed by atoms with Gasteiger partial charge < -0.3 is 0 Å². The van der Waals surface area contributed by atoms with Crippen LogP contribution < -0.4 is 4.46 Å². The van der Waals surface area contributed by atoms with Gasteiger partial charge in [0, 0.05) is 0 Å². The third kappa shape index (κ3) is 1.35. The second kappa shape index (κ2) is 2.55. The molecule has 1 aromatic rings. The standard InChI is InChI=1S/C8H10Se/c1-6-4-3-5-7(2)8(6)9/h3-5,9H,1-2H3/p-1. The topological polar surface area (TPSA) is 0 Å². The summed E-state index contributed by atoms with van der Waals surface area (Å²) in [6.07, 6.45) is 0. The summed E-state index contributed by atoms with van der Waals surface area (Å²) < 4.78 is 1.29. The molecule has 0 spiro atoms. The zero-order valence-corrected chi connectivity index (χ0v) is 7.35. The molecule has 9 heavy (non-hydrogen) atoms. The Labute approximate surface area is 64.1 Å². The molecule has 0 heterocycles. The molecule has 1 heteroatoms. The molecule has 0 aliphatic carbocycles. The fourth-order valence-corrected chi connectivity index (χ4v) is 1.08. The number of rotatable bonds is 0. The third-order valence-corrected chi connectivity index (χ3v) is 2.76. The molecule has 1 aromatic carbocycles. The van der Waals surface area contributed by atoms with Gasteiger partial charge in [-0.15, -0.1) is 0 Å². The van der Waals surface area contributed by atoms with Crippen molar-refractivity contribution in [3.63, 3.8) is 0 Å². The molecule has 48 valence electrons. The Morgan fingerprint density at radius 3 is 1.89 bits per heavy atom. The minimum atomic E-state index is 1.29. The molecule has 0 nitrogen and oxygen atoms in total. The van der Waals surface area contributed by atoms with Crippen molar-refractivity contribution in [3.8, 4) is 0 Å². The van der Waals surface area contributed by atoms with Gasteiger partial charge in [0.1, 0.15) is 0 Å². The van der Waals surface area contributed by atoms with Crippen LogP contribution in [0.5, 0.6) is 0 Å². The molecule has 0 aliphatic rings. The Bertz CT molecular complexity index is 196. The predicted octanol–water partition coefficient (Wildman–Crippen LogP) is 1.10. The van der Waals surface area contributed by atoms with Gasteiger partial charge in [-0.05, 0) is 0 Å². The van der Waals surface area contributed by atoms with E-state index in [-0.39, 0.29) is 0 Å². The average molecular weight is 184 g/mol. The van der Waals surface area contributed by atoms with Gasteiger partial charge in [-0.25, -0.2) is 0 Å². The van der Waals surface area contributed by atoms with Crippen molar-refractivity contribution < 1.29 is 0 Å². The summed E-state index contributed by atoms with van der Waals surface area (Å²) in [5.74, 6) is 0. The van der Waals surface area contributed by atoms with Gasteiger partial charge in [0.2, 0.25) is 0 Å². The fourth-order valence-electron chi connectivity index (χ4n) is 0.799. The van der Waals surface area contributed by atoms with Crippen LogP contribution in [-0.4, -0.2) is 16.0 Å². The van der Waals surface area contributed by atoms with Crippen LogP contribution in [0.15, 0.2) is 18.2 Å². The minimum absolute atomic E-state index is 1.29. The molecular formula is C8H9Se-. The molecule has 0 bridgehead atoms. The van der Waals surface area contributed by atoms with Gasteiger partial charge in [0.25, 0.3) is 0 Å². The zero-order valence-electron chi connectivity index (χ0n) is 5.64. The van der Waals surface area contributed by atoms with Crippen molar-refractivity contribution in [1.29, 1.82) is 0 Å². The summed E-state index contributed by atoms with van der Waals surface area (Å²) in [7, 11) is 0. The van der Waals surface area contributed by atoms with Crippen LogP contribution in [0.25, 0.3) is 0 Å². The van der Waals surface area contributed by atoms with Gasteiger partial charge in [-0.3, -0.25) is 0 Å². The van der Waals surface area contributed by atoms with Crippen molar-refractivity contribution in [1.82, 2.24) is 0 Å². The monoisotopic (exact) mass is 185 g/mol. The van der Waals surface area contributed by atoms with E-state index in [0.717, 1.165) is 0 Å². The summed E-state index contributed by atoms with van der Waals surface area (Å²) in [6.45, 7) is 4.22. The van der Waals surface area contributed by atoms with Crippen molar-refractivity contribution in [2.45, 2.75) is 13.8 Å². The Morgan fingerprint density at radius 2 is 1.56 bits per heavy atom. The molecule has 0 atom stereocenters. The molecule has 0 radical (unpaired) electrons.